The summed E-state index contributed by atoms with van der Waals surface area (Å²) in [6.07, 6.45) is -4.01. The van der Waals surface area contributed by atoms with Crippen LogP contribution in [0.15, 0.2) is 30.3 Å². The van der Waals surface area contributed by atoms with Crippen molar-refractivity contribution in [3.05, 3.63) is 35.9 Å². The lowest BCUT2D eigenvalue weighted by molar-refractivity contribution is -0.192. The van der Waals surface area contributed by atoms with Gasteiger partial charge in [0.1, 0.15) is 0 Å². The molecular formula is C20H28F3N3O4. The third kappa shape index (κ3) is 6.60. The molecule has 2 amide bonds. The molecule has 0 bridgehead atoms. The Morgan fingerprint density at radius 3 is 2.50 bits per heavy atom. The first-order valence-electron chi connectivity index (χ1n) is 9.63. The lowest BCUT2D eigenvalue weighted by Gasteiger charge is -2.28. The Bertz CT molecular complexity index is 715. The van der Waals surface area contributed by atoms with E-state index in [0.29, 0.717) is 12.5 Å². The number of alkyl halides is 3. The van der Waals surface area contributed by atoms with E-state index in [1.54, 1.807) is 19.0 Å². The Kier molecular flexibility index (Phi) is 8.08. The summed E-state index contributed by atoms with van der Waals surface area (Å²) >= 11 is 0. The summed E-state index contributed by atoms with van der Waals surface area (Å²) in [6.45, 7) is 5.44. The van der Waals surface area contributed by atoms with Gasteiger partial charge in [-0.2, -0.15) is 13.2 Å². The molecule has 30 heavy (non-hydrogen) atoms. The van der Waals surface area contributed by atoms with Crippen molar-refractivity contribution in [3.8, 4) is 0 Å². The van der Waals surface area contributed by atoms with Crippen LogP contribution in [0.1, 0.15) is 5.56 Å². The summed E-state index contributed by atoms with van der Waals surface area (Å²) < 4.78 is 37.5. The number of benzene rings is 1. The molecule has 1 aromatic rings. The molecule has 3 rings (SSSR count). The summed E-state index contributed by atoms with van der Waals surface area (Å²) in [5.74, 6) is -2.23. The van der Waals surface area contributed by atoms with Crippen LogP contribution in [0.4, 0.5) is 18.0 Å². The molecule has 0 aliphatic carbocycles. The van der Waals surface area contributed by atoms with Crippen LogP contribution >= 0.6 is 0 Å². The molecule has 10 heteroatoms. The molecule has 0 spiro atoms. The zero-order valence-electron chi connectivity index (χ0n) is 17.1. The van der Waals surface area contributed by atoms with Crippen molar-refractivity contribution >= 4 is 12.0 Å². The fraction of sp³-hybridized carbons (Fsp3) is 0.600. The third-order valence-electron chi connectivity index (χ3n) is 5.39. The molecule has 0 saturated carbocycles. The number of carboxylic acid groups (broad SMARTS) is 1. The maximum absolute atomic E-state index is 11.8. The number of hydrogen-bond donors (Lipinski definition) is 2. The van der Waals surface area contributed by atoms with Gasteiger partial charge in [0, 0.05) is 51.6 Å². The summed E-state index contributed by atoms with van der Waals surface area (Å²) in [7, 11) is 3.55. The van der Waals surface area contributed by atoms with Crippen LogP contribution in [0.2, 0.25) is 0 Å². The smallest absolute Gasteiger partial charge is 0.475 e. The van der Waals surface area contributed by atoms with E-state index in [9.17, 15) is 18.0 Å². The Hall–Kier alpha value is -2.33. The zero-order valence-corrected chi connectivity index (χ0v) is 17.1. The van der Waals surface area contributed by atoms with E-state index in [4.69, 9.17) is 14.6 Å². The number of halogens is 3. The Labute approximate surface area is 173 Å². The maximum Gasteiger partial charge on any atom is 0.490 e. The van der Waals surface area contributed by atoms with Gasteiger partial charge >= 0.3 is 18.2 Å². The Morgan fingerprint density at radius 1 is 1.30 bits per heavy atom. The van der Waals surface area contributed by atoms with Gasteiger partial charge in [-0.15, -0.1) is 0 Å². The molecule has 2 fully saturated rings. The van der Waals surface area contributed by atoms with Crippen LogP contribution in [-0.4, -0.2) is 86.6 Å². The molecule has 2 atom stereocenters. The maximum atomic E-state index is 11.8. The van der Waals surface area contributed by atoms with Gasteiger partial charge in [0.25, 0.3) is 0 Å². The van der Waals surface area contributed by atoms with Crippen molar-refractivity contribution in [2.75, 3.05) is 53.5 Å². The molecule has 0 aromatic heterocycles. The number of hydrogen-bond acceptors (Lipinski definition) is 4. The Balaban J connectivity index is 0.000000396. The minimum absolute atomic E-state index is 0.0206. The average molecular weight is 431 g/mol. The quantitative estimate of drug-likeness (QED) is 0.746. The first kappa shape index (κ1) is 23.9. The van der Waals surface area contributed by atoms with E-state index in [1.807, 2.05) is 0 Å². The number of rotatable bonds is 5. The van der Waals surface area contributed by atoms with Crippen molar-refractivity contribution in [1.29, 1.82) is 0 Å². The summed E-state index contributed by atoms with van der Waals surface area (Å²) in [6, 6.07) is 10.6. The highest BCUT2D eigenvalue weighted by Gasteiger charge is 2.50. The van der Waals surface area contributed by atoms with Crippen LogP contribution < -0.4 is 5.32 Å². The number of urea groups is 1. The minimum Gasteiger partial charge on any atom is -0.475 e. The van der Waals surface area contributed by atoms with Crippen LogP contribution in [-0.2, 0) is 16.0 Å². The molecule has 1 aromatic carbocycles. The predicted molar refractivity (Wildman–Crippen MR) is 104 cm³/mol. The summed E-state index contributed by atoms with van der Waals surface area (Å²) in [5, 5.41) is 10.2. The molecule has 7 nitrogen and oxygen atoms in total. The number of ether oxygens (including phenoxy) is 1. The molecule has 0 radical (unpaired) electrons. The SMILES string of the molecule is CN(C)C(=O)NC[C@]12COC[C@H]1CN(CCc1ccccc1)C2.O=C(O)C(F)(F)F. The van der Waals surface area contributed by atoms with E-state index in [1.165, 1.54) is 5.56 Å². The van der Waals surface area contributed by atoms with Gasteiger partial charge in [-0.1, -0.05) is 30.3 Å². The first-order chi connectivity index (χ1) is 14.0. The van der Waals surface area contributed by atoms with Crippen molar-refractivity contribution in [2.24, 2.45) is 11.3 Å². The van der Waals surface area contributed by atoms with Crippen LogP contribution in [0.25, 0.3) is 0 Å². The number of amides is 2. The number of carbonyl (C=O) groups excluding carboxylic acids is 1. The van der Waals surface area contributed by atoms with E-state index >= 15 is 0 Å². The highest BCUT2D eigenvalue weighted by molar-refractivity contribution is 5.73. The van der Waals surface area contributed by atoms with Gasteiger partial charge in [-0.3, -0.25) is 0 Å². The van der Waals surface area contributed by atoms with Crippen molar-refractivity contribution < 1.29 is 32.6 Å². The lowest BCUT2D eigenvalue weighted by Crippen LogP contribution is -2.46. The molecule has 2 N–H and O–H groups in total. The molecule has 2 aliphatic heterocycles. The molecule has 2 saturated heterocycles. The second-order valence-corrected chi connectivity index (χ2v) is 7.90. The topological polar surface area (TPSA) is 82.1 Å². The Morgan fingerprint density at radius 2 is 1.93 bits per heavy atom. The molecule has 0 unspecified atom stereocenters. The fourth-order valence-corrected chi connectivity index (χ4v) is 3.70. The van der Waals surface area contributed by atoms with Gasteiger partial charge < -0.3 is 25.0 Å². The van der Waals surface area contributed by atoms with Gasteiger partial charge in [0.2, 0.25) is 0 Å². The van der Waals surface area contributed by atoms with E-state index in [0.717, 1.165) is 39.3 Å². The van der Waals surface area contributed by atoms with Crippen molar-refractivity contribution in [1.82, 2.24) is 15.1 Å². The van der Waals surface area contributed by atoms with E-state index in [2.05, 4.69) is 40.5 Å². The first-order valence-corrected chi connectivity index (χ1v) is 9.63. The number of nitrogens with one attached hydrogen (secondary N) is 1. The molecule has 2 heterocycles. The van der Waals surface area contributed by atoms with Gasteiger partial charge in [-0.05, 0) is 12.0 Å². The van der Waals surface area contributed by atoms with E-state index in [-0.39, 0.29) is 11.4 Å². The number of carbonyl (C=O) groups is 2. The van der Waals surface area contributed by atoms with Crippen LogP contribution in [0.5, 0.6) is 0 Å². The van der Waals surface area contributed by atoms with Gasteiger partial charge in [-0.25, -0.2) is 9.59 Å². The summed E-state index contributed by atoms with van der Waals surface area (Å²) in [5.41, 5.74) is 1.47. The lowest BCUT2D eigenvalue weighted by atomic mass is 9.81. The second kappa shape index (κ2) is 10.1. The summed E-state index contributed by atoms with van der Waals surface area (Å²) in [4.78, 5) is 24.8. The minimum atomic E-state index is -5.08. The normalized spacial score (nSPS) is 23.3. The fourth-order valence-electron chi connectivity index (χ4n) is 3.70. The standard InChI is InChI=1S/C18H27N3O2.C2HF3O2/c1-20(2)17(22)19-12-18-13-21(10-16(18)11-23-14-18)9-8-15-6-4-3-5-7-15;3-2(4,5)1(6)7/h3-7,16H,8-14H2,1-2H3,(H,19,22);(H,6,7)/t16-,18+;/m1./s1. The van der Waals surface area contributed by atoms with Gasteiger partial charge in [0.05, 0.1) is 13.2 Å². The number of aliphatic carboxylic acids is 1. The highest BCUT2D eigenvalue weighted by Crippen LogP contribution is 2.40. The molecule has 2 aliphatic rings. The van der Waals surface area contributed by atoms with Crippen LogP contribution in [0.3, 0.4) is 0 Å². The predicted octanol–water partition coefficient (Wildman–Crippen LogP) is 2.08. The molecular weight excluding hydrogens is 403 g/mol. The molecule has 168 valence electrons. The third-order valence-corrected chi connectivity index (χ3v) is 5.39. The highest BCUT2D eigenvalue weighted by atomic mass is 19.4. The number of fused-ring (bicyclic) bond motifs is 1. The number of nitrogens with zero attached hydrogens (tertiary/aromatic N) is 2. The zero-order chi connectivity index (χ0) is 22.4. The monoisotopic (exact) mass is 431 g/mol. The van der Waals surface area contributed by atoms with Crippen LogP contribution in [0, 0.1) is 11.3 Å². The number of carboxylic acids is 1. The van der Waals surface area contributed by atoms with Crippen molar-refractivity contribution in [2.45, 2.75) is 12.6 Å². The average Bonchev–Trinajstić information content (AvgIpc) is 3.22. The second-order valence-electron chi connectivity index (χ2n) is 7.90. The largest absolute Gasteiger partial charge is 0.490 e. The number of likely N-dealkylation sites (tertiary alicyclic amines) is 1. The van der Waals surface area contributed by atoms with E-state index < -0.39 is 12.1 Å². The van der Waals surface area contributed by atoms with Crippen molar-refractivity contribution in [3.63, 3.8) is 0 Å². The van der Waals surface area contributed by atoms with Gasteiger partial charge in [0.15, 0.2) is 0 Å².